The fourth-order valence-corrected chi connectivity index (χ4v) is 10.9. The molecule has 27 nitrogen and oxygen atoms in total. The summed E-state index contributed by atoms with van der Waals surface area (Å²) < 4.78 is 45.6. The molecule has 6 N–H and O–H groups in total. The number of fused-ring (bicyclic) bond motifs is 2. The van der Waals surface area contributed by atoms with Crippen LogP contribution in [-0.2, 0) is 72.3 Å². The smallest absolute Gasteiger partial charge is 0.335 e. The van der Waals surface area contributed by atoms with Gasteiger partial charge < -0.3 is 73.9 Å². The number of unbranched alkanes of at least 4 members (excludes halogenated alkanes) is 6. The van der Waals surface area contributed by atoms with Crippen LogP contribution in [0, 0.1) is 0 Å². The summed E-state index contributed by atoms with van der Waals surface area (Å²) >= 11 is 1.25. The Bertz CT molecular complexity index is 3280. The molecule has 4 aromatic rings. The Balaban J connectivity index is 0.957. The second-order valence-electron chi connectivity index (χ2n) is 22.5. The number of aliphatic hydroxyl groups is 3. The number of ether oxygens (including phenoxy) is 8. The number of thiophene rings is 1. The Kier molecular flexibility index (Phi) is 29.7. The first kappa shape index (κ1) is 73.7. The molecule has 5 atom stereocenters. The Morgan fingerprint density at radius 3 is 2.14 bits per heavy atom. The molecule has 3 aromatic heterocycles. The van der Waals surface area contributed by atoms with Crippen molar-refractivity contribution >= 4 is 80.5 Å². The van der Waals surface area contributed by atoms with Crippen LogP contribution < -0.4 is 34.3 Å². The zero-order valence-electron chi connectivity index (χ0n) is 53.5. The van der Waals surface area contributed by atoms with Gasteiger partial charge >= 0.3 is 17.9 Å². The highest BCUT2D eigenvalue weighted by Gasteiger charge is 2.48. The predicted molar refractivity (Wildman–Crippen MR) is 336 cm³/mol. The number of hydrogen-bond acceptors (Lipinski definition) is 23. The number of Topliss-reactive ketones (excluding diaryl/α,β-unsaturated/α-hetero) is 1. The molecule has 0 bridgehead atoms. The largest absolute Gasteiger partial charge is 0.491 e. The predicted octanol–water partition coefficient (Wildman–Crippen LogP) is 6.80. The van der Waals surface area contributed by atoms with Gasteiger partial charge in [0.05, 0.1) is 79.9 Å². The highest BCUT2D eigenvalue weighted by molar-refractivity contribution is 7.20. The van der Waals surface area contributed by atoms with Crippen molar-refractivity contribution in [1.29, 1.82) is 0 Å². The van der Waals surface area contributed by atoms with Crippen molar-refractivity contribution in [3.8, 4) is 29.0 Å². The van der Waals surface area contributed by atoms with Gasteiger partial charge in [-0.15, -0.1) is 11.3 Å². The Morgan fingerprint density at radius 2 is 1.43 bits per heavy atom. The highest BCUT2D eigenvalue weighted by Crippen LogP contribution is 2.36. The monoisotopic (exact) mass is 1320 g/mol. The molecular weight excluding hydrogens is 1230 g/mol. The minimum absolute atomic E-state index is 0.00939. The van der Waals surface area contributed by atoms with Gasteiger partial charge in [-0.1, -0.05) is 63.7 Å². The zero-order chi connectivity index (χ0) is 67.6. The number of carbonyl (C=O) groups is 9. The summed E-state index contributed by atoms with van der Waals surface area (Å²) in [5.41, 5.74) is 2.96. The SMILES string of the molecule is CCC/C=C(/C)CC(=O)N(CCCCCC(=O)NCCC(=O)Nc1cc(COC(=O)CCC(=O)N2Cc3cc(OC)c(OCCCOc4nc5cc(C(=O)CCC(=O)OCCCCCC)sc5cc4OC)nc3C2)ccc1OC1O[C@H](C(=O)O)[C@@H](O)[C@H](O)[C@H]1O)C(C)=O. The molecule has 1 unspecified atom stereocenters. The number of nitrogens with zero attached hydrogens (tertiary/aromatic N) is 4. The Hall–Kier alpha value is -8.31. The number of benzene rings is 1. The van der Waals surface area contributed by atoms with Crippen molar-refractivity contribution in [2.24, 2.45) is 0 Å². The molecule has 1 aromatic carbocycles. The molecule has 508 valence electrons. The van der Waals surface area contributed by atoms with Gasteiger partial charge in [0.2, 0.25) is 35.8 Å². The maximum Gasteiger partial charge on any atom is 0.335 e. The number of pyridine rings is 2. The Labute approximate surface area is 543 Å². The molecule has 5 heterocycles. The van der Waals surface area contributed by atoms with E-state index in [4.69, 9.17) is 37.9 Å². The first-order valence-corrected chi connectivity index (χ1v) is 32.1. The minimum Gasteiger partial charge on any atom is -0.491 e. The van der Waals surface area contributed by atoms with E-state index in [2.05, 4.69) is 27.5 Å². The number of aliphatic carboxylic acids is 1. The summed E-state index contributed by atoms with van der Waals surface area (Å²) in [7, 11) is 2.95. The van der Waals surface area contributed by atoms with E-state index in [-0.39, 0.29) is 144 Å². The number of hydrogen-bond donors (Lipinski definition) is 6. The van der Waals surface area contributed by atoms with Gasteiger partial charge in [-0.05, 0) is 68.0 Å². The molecule has 1 saturated heterocycles. The minimum atomic E-state index is -2.00. The number of esters is 2. The molecule has 28 heteroatoms. The second kappa shape index (κ2) is 37.4. The van der Waals surface area contributed by atoms with Crippen LogP contribution in [0.15, 0.2) is 48.0 Å². The topological polar surface area (TPSA) is 365 Å². The van der Waals surface area contributed by atoms with Gasteiger partial charge in [0.25, 0.3) is 11.8 Å². The van der Waals surface area contributed by atoms with E-state index in [1.807, 2.05) is 19.9 Å². The number of carbonyl (C=O) groups excluding carboxylic acids is 8. The summed E-state index contributed by atoms with van der Waals surface area (Å²) in [6.07, 6.45) is -0.655. The van der Waals surface area contributed by atoms with Gasteiger partial charge in [-0.25, -0.2) is 14.8 Å². The summed E-state index contributed by atoms with van der Waals surface area (Å²) in [4.78, 5) is 127. The van der Waals surface area contributed by atoms with Gasteiger partial charge in [0.15, 0.2) is 23.4 Å². The molecular formula is C65H86N6O21S. The number of allylic oxidation sites excluding steroid dienone is 1. The van der Waals surface area contributed by atoms with E-state index < -0.39 is 54.5 Å². The number of anilines is 1. The number of carboxylic acids is 1. The molecule has 2 aliphatic rings. The summed E-state index contributed by atoms with van der Waals surface area (Å²) in [6.45, 7) is 8.11. The number of methoxy groups -OCH3 is 2. The number of nitrogens with one attached hydrogen (secondary N) is 2. The van der Waals surface area contributed by atoms with Crippen LogP contribution in [0.3, 0.4) is 0 Å². The normalized spacial score (nSPS) is 16.8. The summed E-state index contributed by atoms with van der Waals surface area (Å²) in [5.74, 6) is -3.99. The Morgan fingerprint density at radius 1 is 0.720 bits per heavy atom. The van der Waals surface area contributed by atoms with Gasteiger partial charge in [0.1, 0.15) is 30.7 Å². The molecule has 0 saturated carbocycles. The maximum absolute atomic E-state index is 13.5. The van der Waals surface area contributed by atoms with Crippen molar-refractivity contribution in [2.45, 2.75) is 187 Å². The molecule has 0 spiro atoms. The first-order valence-electron chi connectivity index (χ1n) is 31.3. The maximum atomic E-state index is 13.5. The number of carboxylic acid groups (broad SMARTS) is 1. The van der Waals surface area contributed by atoms with Crippen LogP contribution in [0.2, 0.25) is 0 Å². The quantitative estimate of drug-likeness (QED) is 0.0116. The lowest BCUT2D eigenvalue weighted by Crippen LogP contribution is -2.61. The summed E-state index contributed by atoms with van der Waals surface area (Å²) in [5, 5.41) is 46.2. The van der Waals surface area contributed by atoms with Gasteiger partial charge in [-0.3, -0.25) is 43.3 Å². The van der Waals surface area contributed by atoms with E-state index in [0.717, 1.165) is 49.7 Å². The lowest BCUT2D eigenvalue weighted by molar-refractivity contribution is -0.271. The number of imide groups is 1. The first-order chi connectivity index (χ1) is 44.6. The number of aliphatic hydroxyl groups excluding tert-OH is 3. The van der Waals surface area contributed by atoms with E-state index in [1.54, 1.807) is 18.2 Å². The van der Waals surface area contributed by atoms with Crippen molar-refractivity contribution in [3.05, 3.63) is 69.7 Å². The molecule has 6 rings (SSSR count). The van der Waals surface area contributed by atoms with Crippen LogP contribution in [0.25, 0.3) is 10.2 Å². The molecule has 1 fully saturated rings. The number of ketones is 1. The van der Waals surface area contributed by atoms with Crippen LogP contribution in [0.5, 0.6) is 29.0 Å². The number of amides is 5. The van der Waals surface area contributed by atoms with Crippen LogP contribution >= 0.6 is 11.3 Å². The number of rotatable bonds is 39. The number of aromatic nitrogens is 2. The van der Waals surface area contributed by atoms with Crippen molar-refractivity contribution in [1.82, 2.24) is 25.1 Å². The van der Waals surface area contributed by atoms with Crippen molar-refractivity contribution < 1.29 is 101 Å². The third-order valence-corrected chi connectivity index (χ3v) is 16.2. The average Bonchev–Trinajstić information content (AvgIpc) is 1.80. The van der Waals surface area contributed by atoms with Crippen molar-refractivity contribution in [2.75, 3.05) is 52.4 Å². The lowest BCUT2D eigenvalue weighted by Gasteiger charge is -2.38. The lowest BCUT2D eigenvalue weighted by atomic mass is 9.99. The van der Waals surface area contributed by atoms with Crippen LogP contribution in [0.4, 0.5) is 5.69 Å². The summed E-state index contributed by atoms with van der Waals surface area (Å²) in [6, 6.07) is 9.24. The zero-order valence-corrected chi connectivity index (χ0v) is 54.3. The fourth-order valence-electron chi connectivity index (χ4n) is 9.88. The third kappa shape index (κ3) is 22.7. The second-order valence-corrected chi connectivity index (χ2v) is 23.6. The molecule has 0 radical (unpaired) electrons. The third-order valence-electron chi connectivity index (χ3n) is 15.1. The van der Waals surface area contributed by atoms with Crippen LogP contribution in [-0.4, -0.2) is 171 Å². The van der Waals surface area contributed by atoms with Crippen molar-refractivity contribution in [3.63, 3.8) is 0 Å². The van der Waals surface area contributed by atoms with E-state index in [0.29, 0.717) is 70.1 Å². The van der Waals surface area contributed by atoms with E-state index >= 15 is 0 Å². The molecule has 93 heavy (non-hydrogen) atoms. The fraction of sp³-hybridized carbons (Fsp3) is 0.554. The van der Waals surface area contributed by atoms with Crippen LogP contribution in [0.1, 0.15) is 163 Å². The van der Waals surface area contributed by atoms with Gasteiger partial charge in [0, 0.05) is 71.1 Å². The molecule has 2 aliphatic heterocycles. The van der Waals surface area contributed by atoms with Gasteiger partial charge in [-0.2, -0.15) is 0 Å². The molecule has 5 amide bonds. The standard InChI is InChI=1S/C65H86N6O21S/c1-7-9-11-15-28-87-56(78)23-20-46(73)51-34-44-50(93-51)35-49(86-6)63(68-44)89-30-16-29-88-62-48(85-5)33-42-36-70(37-45(42)69-62)54(76)22-24-57(79)90-38-41-19-21-47(91-65-60(82)58(80)59(81)61(92-65)64(83)84)43(32-41)67-53(75)25-26-66-52(74)18-13-12-14-27-71(40(4)72)55(77)31-39(3)17-10-8-2/h17,19,21,32-35,58-61,65,80-82H,7-16,18,20,22-31,36-38H2,1-6H3,(H,66,74)(H,67,75)(H,83,84)/b39-17-/t58-,59-,60+,61-,65?/m0/s1. The average molecular weight is 1320 g/mol. The highest BCUT2D eigenvalue weighted by atomic mass is 32.1. The van der Waals surface area contributed by atoms with E-state index in [9.17, 15) is 63.6 Å². The molecule has 0 aliphatic carbocycles. The van der Waals surface area contributed by atoms with E-state index in [1.165, 1.54) is 60.5 Å².